The Kier molecular flexibility index (Phi) is 3.26. The molecule has 0 atom stereocenters. The Morgan fingerprint density at radius 2 is 1.65 bits per heavy atom. The van der Waals surface area contributed by atoms with Crippen molar-refractivity contribution in [3.63, 3.8) is 0 Å². The van der Waals surface area contributed by atoms with Gasteiger partial charge in [-0.25, -0.2) is 4.79 Å². The molecule has 2 amide bonds. The fraction of sp³-hybridized carbons (Fsp3) is 0.583. The number of amides is 2. The topological polar surface area (TPSA) is 63.7 Å². The first-order chi connectivity index (χ1) is 8.08. The molecule has 2 rings (SSSR count). The van der Waals surface area contributed by atoms with Gasteiger partial charge in [0.15, 0.2) is 0 Å². The zero-order chi connectivity index (χ0) is 12.4. The molecule has 2 fully saturated rings. The zero-order valence-electron chi connectivity index (χ0n) is 9.61. The van der Waals surface area contributed by atoms with E-state index in [4.69, 9.17) is 4.84 Å². The van der Waals surface area contributed by atoms with Crippen LogP contribution in [0.3, 0.4) is 0 Å². The maximum absolute atomic E-state index is 11.8. The Balaban J connectivity index is 1.90. The third kappa shape index (κ3) is 2.54. The predicted molar refractivity (Wildman–Crippen MR) is 58.3 cm³/mol. The van der Waals surface area contributed by atoms with Crippen molar-refractivity contribution >= 4 is 17.8 Å². The molecule has 0 bridgehead atoms. The maximum Gasteiger partial charge on any atom is 0.336 e. The Morgan fingerprint density at radius 3 is 2.18 bits per heavy atom. The number of hydrogen-bond donors (Lipinski definition) is 0. The van der Waals surface area contributed by atoms with E-state index in [0.29, 0.717) is 17.9 Å². The van der Waals surface area contributed by atoms with Crippen molar-refractivity contribution in [2.24, 2.45) is 5.92 Å². The lowest BCUT2D eigenvalue weighted by Crippen LogP contribution is -2.35. The standard InChI is InChI=1S/C12H15NO4/c1-8-2-4-9(5-3-8)12(16)17-13-10(14)6-7-11(13)15/h9H,1-7H2. The van der Waals surface area contributed by atoms with E-state index in [9.17, 15) is 14.4 Å². The second kappa shape index (κ2) is 4.69. The van der Waals surface area contributed by atoms with Crippen LogP contribution in [0.15, 0.2) is 12.2 Å². The van der Waals surface area contributed by atoms with Gasteiger partial charge < -0.3 is 4.84 Å². The third-order valence-corrected chi connectivity index (χ3v) is 3.21. The van der Waals surface area contributed by atoms with E-state index >= 15 is 0 Å². The average molecular weight is 237 g/mol. The third-order valence-electron chi connectivity index (χ3n) is 3.21. The van der Waals surface area contributed by atoms with Gasteiger partial charge in [0, 0.05) is 12.8 Å². The lowest BCUT2D eigenvalue weighted by molar-refractivity contribution is -0.201. The Morgan fingerprint density at radius 1 is 1.12 bits per heavy atom. The first-order valence-electron chi connectivity index (χ1n) is 5.82. The summed E-state index contributed by atoms with van der Waals surface area (Å²) in [6, 6.07) is 0. The van der Waals surface area contributed by atoms with Crippen LogP contribution in [-0.2, 0) is 19.2 Å². The average Bonchev–Trinajstić information content (AvgIpc) is 2.61. The normalized spacial score (nSPS) is 22.1. The molecule has 5 heteroatoms. The molecule has 0 unspecified atom stereocenters. The van der Waals surface area contributed by atoms with Crippen LogP contribution in [0.2, 0.25) is 0 Å². The predicted octanol–water partition coefficient (Wildman–Crippen LogP) is 1.34. The lowest BCUT2D eigenvalue weighted by atomic mass is 9.87. The summed E-state index contributed by atoms with van der Waals surface area (Å²) in [4.78, 5) is 39.2. The summed E-state index contributed by atoms with van der Waals surface area (Å²) in [6.07, 6.45) is 3.26. The van der Waals surface area contributed by atoms with Crippen molar-refractivity contribution in [2.75, 3.05) is 0 Å². The van der Waals surface area contributed by atoms with Gasteiger partial charge in [-0.2, -0.15) is 0 Å². The molecule has 0 aromatic heterocycles. The zero-order valence-corrected chi connectivity index (χ0v) is 9.61. The van der Waals surface area contributed by atoms with Gasteiger partial charge in [-0.05, 0) is 25.7 Å². The van der Waals surface area contributed by atoms with Crippen LogP contribution in [0.1, 0.15) is 38.5 Å². The van der Waals surface area contributed by atoms with E-state index in [1.54, 1.807) is 0 Å². The van der Waals surface area contributed by atoms with Gasteiger partial charge in [0.05, 0.1) is 5.92 Å². The number of allylic oxidation sites excluding steroid dienone is 1. The summed E-state index contributed by atoms with van der Waals surface area (Å²) in [5.41, 5.74) is 1.14. The Labute approximate surface area is 99.4 Å². The minimum atomic E-state index is -0.471. The highest BCUT2D eigenvalue weighted by atomic mass is 16.7. The van der Waals surface area contributed by atoms with E-state index in [1.165, 1.54) is 0 Å². The van der Waals surface area contributed by atoms with E-state index < -0.39 is 17.8 Å². The van der Waals surface area contributed by atoms with Crippen molar-refractivity contribution in [1.82, 2.24) is 5.06 Å². The number of imide groups is 1. The molecular weight excluding hydrogens is 222 g/mol. The Hall–Kier alpha value is -1.65. The second-order valence-electron chi connectivity index (χ2n) is 4.52. The van der Waals surface area contributed by atoms with Gasteiger partial charge in [0.1, 0.15) is 0 Å². The largest absolute Gasteiger partial charge is 0.336 e. The number of rotatable bonds is 2. The van der Waals surface area contributed by atoms with Crippen LogP contribution in [-0.4, -0.2) is 22.8 Å². The van der Waals surface area contributed by atoms with Crippen molar-refractivity contribution in [3.8, 4) is 0 Å². The minimum Gasteiger partial charge on any atom is -0.330 e. The van der Waals surface area contributed by atoms with Crippen LogP contribution in [0.25, 0.3) is 0 Å². The highest BCUT2D eigenvalue weighted by Gasteiger charge is 2.35. The highest BCUT2D eigenvalue weighted by Crippen LogP contribution is 2.28. The number of hydroxylamine groups is 2. The van der Waals surface area contributed by atoms with E-state index in [-0.39, 0.29) is 18.8 Å². The molecule has 17 heavy (non-hydrogen) atoms. The van der Waals surface area contributed by atoms with E-state index in [2.05, 4.69) is 6.58 Å². The number of carbonyl (C=O) groups is 3. The molecule has 5 nitrogen and oxygen atoms in total. The van der Waals surface area contributed by atoms with E-state index in [0.717, 1.165) is 18.4 Å². The van der Waals surface area contributed by atoms with E-state index in [1.807, 2.05) is 0 Å². The summed E-state index contributed by atoms with van der Waals surface area (Å²) < 4.78 is 0. The van der Waals surface area contributed by atoms with Crippen LogP contribution in [0, 0.1) is 5.92 Å². The van der Waals surface area contributed by atoms with Gasteiger partial charge >= 0.3 is 5.97 Å². The van der Waals surface area contributed by atoms with Crippen molar-refractivity contribution in [3.05, 3.63) is 12.2 Å². The summed E-state index contributed by atoms with van der Waals surface area (Å²) in [5, 5.41) is 0.617. The number of hydrogen-bond acceptors (Lipinski definition) is 4. The molecule has 1 aliphatic heterocycles. The number of nitrogens with zero attached hydrogens (tertiary/aromatic N) is 1. The lowest BCUT2D eigenvalue weighted by Gasteiger charge is -2.23. The first-order valence-corrected chi connectivity index (χ1v) is 5.82. The summed E-state index contributed by atoms with van der Waals surface area (Å²) in [6.45, 7) is 3.86. The molecule has 0 spiro atoms. The van der Waals surface area contributed by atoms with Crippen LogP contribution < -0.4 is 0 Å². The molecule has 1 heterocycles. The number of carbonyl (C=O) groups excluding carboxylic acids is 3. The molecule has 1 saturated carbocycles. The summed E-state index contributed by atoms with van der Waals surface area (Å²) >= 11 is 0. The maximum atomic E-state index is 11.8. The fourth-order valence-electron chi connectivity index (χ4n) is 2.08. The van der Waals surface area contributed by atoms with Crippen molar-refractivity contribution < 1.29 is 19.2 Å². The highest BCUT2D eigenvalue weighted by molar-refractivity contribution is 6.01. The monoisotopic (exact) mass is 237 g/mol. The molecule has 92 valence electrons. The van der Waals surface area contributed by atoms with Crippen LogP contribution in [0.4, 0.5) is 0 Å². The molecule has 0 aromatic rings. The molecule has 0 radical (unpaired) electrons. The SMILES string of the molecule is C=C1CCC(C(=O)ON2C(=O)CCC2=O)CC1. The van der Waals surface area contributed by atoms with Gasteiger partial charge in [-0.15, -0.1) is 5.06 Å². The van der Waals surface area contributed by atoms with Crippen molar-refractivity contribution in [1.29, 1.82) is 0 Å². The van der Waals surface area contributed by atoms with Gasteiger partial charge in [0.2, 0.25) is 0 Å². The first kappa shape index (κ1) is 11.8. The summed E-state index contributed by atoms with van der Waals surface area (Å²) in [5.74, 6) is -1.55. The second-order valence-corrected chi connectivity index (χ2v) is 4.52. The smallest absolute Gasteiger partial charge is 0.330 e. The van der Waals surface area contributed by atoms with Gasteiger partial charge in [0.25, 0.3) is 11.8 Å². The molecule has 1 saturated heterocycles. The van der Waals surface area contributed by atoms with Gasteiger partial charge in [-0.1, -0.05) is 12.2 Å². The molecule has 0 N–H and O–H groups in total. The van der Waals surface area contributed by atoms with Crippen LogP contribution >= 0.6 is 0 Å². The minimum absolute atomic E-state index is 0.133. The fourth-order valence-corrected chi connectivity index (χ4v) is 2.08. The Bertz CT molecular complexity index is 362. The van der Waals surface area contributed by atoms with Crippen LogP contribution in [0.5, 0.6) is 0 Å². The summed E-state index contributed by atoms with van der Waals surface area (Å²) in [7, 11) is 0. The molecule has 2 aliphatic rings. The van der Waals surface area contributed by atoms with Gasteiger partial charge in [-0.3, -0.25) is 9.59 Å². The quantitative estimate of drug-likeness (QED) is 0.537. The molecule has 1 aliphatic carbocycles. The van der Waals surface area contributed by atoms with Crippen molar-refractivity contribution in [2.45, 2.75) is 38.5 Å². The molecular formula is C12H15NO4. The molecule has 0 aromatic carbocycles.